The third kappa shape index (κ3) is 2.87. The van der Waals surface area contributed by atoms with Gasteiger partial charge in [0.1, 0.15) is 11.4 Å². The number of hydrogen-bond acceptors (Lipinski definition) is 0. The van der Waals surface area contributed by atoms with Crippen LogP contribution in [0.15, 0.2) is 18.2 Å². The summed E-state index contributed by atoms with van der Waals surface area (Å²) in [4.78, 5) is 0. The molecule has 0 unspecified atom stereocenters. The van der Waals surface area contributed by atoms with Crippen molar-refractivity contribution in [1.29, 1.82) is 0 Å². The molecule has 0 aliphatic rings. The van der Waals surface area contributed by atoms with Crippen molar-refractivity contribution in [3.8, 4) is 11.8 Å². The molecule has 0 aromatic heterocycles. The lowest BCUT2D eigenvalue weighted by atomic mass is 10.1. The summed E-state index contributed by atoms with van der Waals surface area (Å²) < 4.78 is 50.1. The fourth-order valence-electron chi connectivity index (χ4n) is 1.05. The molecule has 0 N–H and O–H groups in total. The zero-order valence-electron chi connectivity index (χ0n) is 7.33. The van der Waals surface area contributed by atoms with E-state index < -0.39 is 23.1 Å². The van der Waals surface area contributed by atoms with E-state index >= 15 is 0 Å². The Labute approximate surface area is 88.9 Å². The second kappa shape index (κ2) is 4.54. The van der Waals surface area contributed by atoms with Gasteiger partial charge in [-0.3, -0.25) is 0 Å². The van der Waals surface area contributed by atoms with Crippen LogP contribution in [0.25, 0.3) is 0 Å². The summed E-state index contributed by atoms with van der Waals surface area (Å²) >= 11 is 5.21. The van der Waals surface area contributed by atoms with Gasteiger partial charge in [0.05, 0.1) is 5.88 Å². The maximum atomic E-state index is 13.0. The molecule has 0 radical (unpaired) electrons. The van der Waals surface area contributed by atoms with Crippen LogP contribution in [0, 0.1) is 17.7 Å². The number of halogens is 5. The monoisotopic (exact) mass is 236 g/mol. The van der Waals surface area contributed by atoms with E-state index in [1.54, 1.807) is 0 Å². The first-order valence-electron chi connectivity index (χ1n) is 3.87. The van der Waals surface area contributed by atoms with Crippen LogP contribution in [-0.2, 0) is 6.18 Å². The van der Waals surface area contributed by atoms with Crippen molar-refractivity contribution in [2.24, 2.45) is 0 Å². The molecule has 80 valence electrons. The molecule has 0 aliphatic carbocycles. The van der Waals surface area contributed by atoms with E-state index in [4.69, 9.17) is 11.6 Å². The van der Waals surface area contributed by atoms with Gasteiger partial charge >= 0.3 is 6.18 Å². The van der Waals surface area contributed by atoms with Gasteiger partial charge < -0.3 is 0 Å². The molecule has 0 fully saturated rings. The highest BCUT2D eigenvalue weighted by Crippen LogP contribution is 2.33. The summed E-state index contributed by atoms with van der Waals surface area (Å²) in [6.45, 7) is 0. The van der Waals surface area contributed by atoms with Gasteiger partial charge in [0.25, 0.3) is 0 Å². The first-order chi connectivity index (χ1) is 6.96. The predicted molar refractivity (Wildman–Crippen MR) is 49.0 cm³/mol. The van der Waals surface area contributed by atoms with Crippen molar-refractivity contribution >= 4 is 11.6 Å². The highest BCUT2D eigenvalue weighted by atomic mass is 35.5. The van der Waals surface area contributed by atoms with Crippen LogP contribution in [0.3, 0.4) is 0 Å². The van der Waals surface area contributed by atoms with Crippen LogP contribution < -0.4 is 0 Å². The first kappa shape index (κ1) is 11.9. The first-order valence-corrected chi connectivity index (χ1v) is 4.41. The Morgan fingerprint density at radius 2 is 1.93 bits per heavy atom. The van der Waals surface area contributed by atoms with Gasteiger partial charge in [-0.15, -0.1) is 11.6 Å². The average molecular weight is 237 g/mol. The molecule has 0 spiro atoms. The van der Waals surface area contributed by atoms with Crippen LogP contribution in [-0.4, -0.2) is 5.88 Å². The molecule has 0 heterocycles. The molecule has 5 heteroatoms. The summed E-state index contributed by atoms with van der Waals surface area (Å²) in [6.07, 6.45) is -4.75. The molecule has 0 saturated carbocycles. The van der Waals surface area contributed by atoms with Crippen LogP contribution >= 0.6 is 11.6 Å². The number of hydrogen-bond donors (Lipinski definition) is 0. The van der Waals surface area contributed by atoms with Crippen molar-refractivity contribution in [2.75, 3.05) is 5.88 Å². The summed E-state index contributed by atoms with van der Waals surface area (Å²) in [5, 5.41) is 0. The molecule has 1 aromatic carbocycles. The van der Waals surface area contributed by atoms with E-state index in [0.717, 1.165) is 12.1 Å². The molecule has 0 saturated heterocycles. The van der Waals surface area contributed by atoms with Crippen LogP contribution in [0.5, 0.6) is 0 Å². The van der Waals surface area contributed by atoms with Crippen LogP contribution in [0.1, 0.15) is 11.1 Å². The van der Waals surface area contributed by atoms with Gasteiger partial charge in [-0.2, -0.15) is 13.2 Å². The Morgan fingerprint density at radius 3 is 2.47 bits per heavy atom. The number of rotatable bonds is 0. The van der Waals surface area contributed by atoms with E-state index in [2.05, 4.69) is 11.8 Å². The quantitative estimate of drug-likeness (QED) is 0.368. The molecule has 0 bridgehead atoms. The van der Waals surface area contributed by atoms with Crippen LogP contribution in [0.4, 0.5) is 17.6 Å². The van der Waals surface area contributed by atoms with Crippen LogP contribution in [0.2, 0.25) is 0 Å². The second-order valence-corrected chi connectivity index (χ2v) is 2.86. The lowest BCUT2D eigenvalue weighted by molar-refractivity contribution is -0.140. The van der Waals surface area contributed by atoms with Crippen molar-refractivity contribution in [3.63, 3.8) is 0 Å². The normalized spacial score (nSPS) is 10.7. The highest BCUT2D eigenvalue weighted by Gasteiger charge is 2.36. The smallest absolute Gasteiger partial charge is 0.206 e. The highest BCUT2D eigenvalue weighted by molar-refractivity contribution is 6.19. The summed E-state index contributed by atoms with van der Waals surface area (Å²) in [5.74, 6) is 2.99. The summed E-state index contributed by atoms with van der Waals surface area (Å²) in [5.41, 5.74) is -1.74. The van der Waals surface area contributed by atoms with E-state index in [1.807, 2.05) is 0 Å². The van der Waals surface area contributed by atoms with E-state index in [0.29, 0.717) is 0 Å². The Kier molecular flexibility index (Phi) is 3.59. The molecule has 15 heavy (non-hydrogen) atoms. The third-order valence-corrected chi connectivity index (χ3v) is 1.72. The minimum atomic E-state index is -4.75. The van der Waals surface area contributed by atoms with E-state index in [-0.39, 0.29) is 5.88 Å². The fourth-order valence-corrected chi connectivity index (χ4v) is 1.11. The Hall–Kier alpha value is -1.21. The lowest BCUT2D eigenvalue weighted by Crippen LogP contribution is -2.10. The van der Waals surface area contributed by atoms with Gasteiger partial charge in [-0.25, -0.2) is 4.39 Å². The third-order valence-electron chi connectivity index (χ3n) is 1.59. The average Bonchev–Trinajstić information content (AvgIpc) is 2.12. The predicted octanol–water partition coefficient (Wildman–Crippen LogP) is 3.43. The molecule has 1 rings (SSSR count). The van der Waals surface area contributed by atoms with Gasteiger partial charge in [0, 0.05) is 5.56 Å². The zero-order chi connectivity index (χ0) is 11.5. The van der Waals surface area contributed by atoms with Crippen molar-refractivity contribution < 1.29 is 17.6 Å². The lowest BCUT2D eigenvalue weighted by Gasteiger charge is -2.09. The second-order valence-electron chi connectivity index (χ2n) is 2.60. The topological polar surface area (TPSA) is 0 Å². The standard InChI is InChI=1S/C10H5ClF4/c11-6-2-4-7-3-1-5-8(12)9(7)10(13,14)15/h1,3,5H,6H2. The molecule has 0 amide bonds. The van der Waals surface area contributed by atoms with E-state index in [1.165, 1.54) is 6.07 Å². The SMILES string of the molecule is Fc1cccc(C#CCCl)c1C(F)(F)F. The Bertz CT molecular complexity index is 412. The molecular weight excluding hydrogens is 232 g/mol. The number of benzene rings is 1. The van der Waals surface area contributed by atoms with E-state index in [9.17, 15) is 17.6 Å². The fraction of sp³-hybridized carbons (Fsp3) is 0.200. The van der Waals surface area contributed by atoms with Crippen molar-refractivity contribution in [3.05, 3.63) is 35.1 Å². The van der Waals surface area contributed by atoms with Crippen molar-refractivity contribution in [2.45, 2.75) is 6.18 Å². The molecular formula is C10H5ClF4. The number of alkyl halides is 4. The summed E-state index contributed by atoms with van der Waals surface area (Å²) in [6, 6.07) is 3.02. The molecule has 0 nitrogen and oxygen atoms in total. The molecule has 1 aromatic rings. The Morgan fingerprint density at radius 1 is 1.27 bits per heavy atom. The minimum Gasteiger partial charge on any atom is -0.206 e. The maximum absolute atomic E-state index is 13.0. The molecule has 0 atom stereocenters. The largest absolute Gasteiger partial charge is 0.420 e. The minimum absolute atomic E-state index is 0.103. The van der Waals surface area contributed by atoms with Gasteiger partial charge in [-0.1, -0.05) is 17.9 Å². The van der Waals surface area contributed by atoms with Gasteiger partial charge in [0.2, 0.25) is 0 Å². The Balaban J connectivity index is 3.33. The summed E-state index contributed by atoms with van der Waals surface area (Å²) in [7, 11) is 0. The van der Waals surface area contributed by atoms with Gasteiger partial charge in [-0.05, 0) is 12.1 Å². The van der Waals surface area contributed by atoms with Crippen molar-refractivity contribution in [1.82, 2.24) is 0 Å². The van der Waals surface area contributed by atoms with Gasteiger partial charge in [0.15, 0.2) is 0 Å². The maximum Gasteiger partial charge on any atom is 0.420 e. The zero-order valence-corrected chi connectivity index (χ0v) is 8.08. The molecule has 0 aliphatic heterocycles.